The lowest BCUT2D eigenvalue weighted by Crippen LogP contribution is -2.36. The van der Waals surface area contributed by atoms with Gasteiger partial charge in [0.25, 0.3) is 11.5 Å². The topological polar surface area (TPSA) is 70.7 Å². The summed E-state index contributed by atoms with van der Waals surface area (Å²) < 4.78 is 19.7. The minimum absolute atomic E-state index is 0.188. The van der Waals surface area contributed by atoms with Gasteiger partial charge in [-0.2, -0.15) is 0 Å². The van der Waals surface area contributed by atoms with Crippen LogP contribution in [0.15, 0.2) is 97.2 Å². The first-order valence-electron chi connectivity index (χ1n) is 10.6. The van der Waals surface area contributed by atoms with Crippen molar-refractivity contribution in [3.8, 4) is 22.8 Å². The molecular formula is C26H14BrCl2NO5. The molecule has 0 radical (unpaired) electrons. The van der Waals surface area contributed by atoms with Crippen molar-refractivity contribution >= 4 is 39.1 Å². The average molecular weight is 571 g/mol. The highest BCUT2D eigenvalue weighted by molar-refractivity contribution is 9.10. The summed E-state index contributed by atoms with van der Waals surface area (Å²) in [5.74, 6) is -0.527. The highest BCUT2D eigenvalue weighted by Gasteiger charge is 2.43. The molecule has 0 spiro atoms. The Kier molecular flexibility index (Phi) is 5.36. The Balaban J connectivity index is 1.52. The third kappa shape index (κ3) is 3.71. The number of rotatable bonds is 3. The first-order valence-corrected chi connectivity index (χ1v) is 12.1. The second-order valence-electron chi connectivity index (χ2n) is 8.04. The summed E-state index contributed by atoms with van der Waals surface area (Å²) in [4.78, 5) is 26.7. The smallest absolute Gasteiger partial charge is 0.426 e. The van der Waals surface area contributed by atoms with Gasteiger partial charge in [0.2, 0.25) is 0 Å². The molecule has 2 atom stereocenters. The largest absolute Gasteiger partial charge is 0.456 e. The standard InChI is InChI=1S/C26H14BrCl2NO5/c27-13-5-8-15(9-6-13)30-25(31)22-18-12-21(33-20-10-7-14(28)11-19(20)29)34-23(18)16-3-1-2-4-17(16)24(22)35-26(30)32/h1-12,18,23H. The van der Waals surface area contributed by atoms with E-state index in [0.717, 1.165) is 14.6 Å². The van der Waals surface area contributed by atoms with Gasteiger partial charge in [-0.05, 0) is 42.5 Å². The summed E-state index contributed by atoms with van der Waals surface area (Å²) in [7, 11) is 0. The van der Waals surface area contributed by atoms with E-state index in [2.05, 4.69) is 15.9 Å². The van der Waals surface area contributed by atoms with Crippen molar-refractivity contribution in [2.75, 3.05) is 0 Å². The molecular weight excluding hydrogens is 557 g/mol. The van der Waals surface area contributed by atoms with Crippen molar-refractivity contribution in [3.05, 3.63) is 125 Å². The number of ether oxygens (including phenoxy) is 2. The summed E-state index contributed by atoms with van der Waals surface area (Å²) in [5.41, 5.74) is 1.65. The molecule has 1 aromatic heterocycles. The van der Waals surface area contributed by atoms with Crippen LogP contribution in [0.3, 0.4) is 0 Å². The Labute approximate surface area is 217 Å². The summed E-state index contributed by atoms with van der Waals surface area (Å²) >= 11 is 15.6. The van der Waals surface area contributed by atoms with Crippen LogP contribution in [-0.2, 0) is 4.74 Å². The van der Waals surface area contributed by atoms with E-state index < -0.39 is 23.3 Å². The van der Waals surface area contributed by atoms with E-state index in [9.17, 15) is 9.59 Å². The lowest BCUT2D eigenvalue weighted by molar-refractivity contribution is 0.0599. The van der Waals surface area contributed by atoms with Crippen molar-refractivity contribution in [3.63, 3.8) is 0 Å². The van der Waals surface area contributed by atoms with Crippen molar-refractivity contribution in [2.45, 2.75) is 12.0 Å². The molecule has 0 amide bonds. The minimum atomic E-state index is -0.767. The van der Waals surface area contributed by atoms with Gasteiger partial charge in [-0.25, -0.2) is 9.36 Å². The Morgan fingerprint density at radius 1 is 0.971 bits per heavy atom. The number of nitrogens with zero attached hydrogens (tertiary/aromatic N) is 1. The molecule has 3 aromatic carbocycles. The van der Waals surface area contributed by atoms with Gasteiger partial charge in [0, 0.05) is 26.7 Å². The van der Waals surface area contributed by atoms with Crippen molar-refractivity contribution < 1.29 is 13.9 Å². The molecule has 2 aliphatic rings. The SMILES string of the molecule is O=c1oc2c(c(=O)n1-c1ccc(Br)cc1)C1C=C(Oc3ccc(Cl)cc3Cl)OC1c1ccccc1-2. The number of benzene rings is 3. The van der Waals surface area contributed by atoms with E-state index >= 15 is 0 Å². The molecule has 0 saturated heterocycles. The van der Waals surface area contributed by atoms with Gasteiger partial charge >= 0.3 is 5.76 Å². The molecule has 0 fully saturated rings. The highest BCUT2D eigenvalue weighted by atomic mass is 79.9. The normalized spacial score (nSPS) is 17.6. The summed E-state index contributed by atoms with van der Waals surface area (Å²) in [6.45, 7) is 0. The second-order valence-corrected chi connectivity index (χ2v) is 9.80. The molecule has 4 aromatic rings. The van der Waals surface area contributed by atoms with Crippen LogP contribution in [0.1, 0.15) is 23.1 Å². The fraction of sp³-hybridized carbons (Fsp3) is 0.0769. The van der Waals surface area contributed by atoms with Gasteiger partial charge in [0.1, 0.15) is 17.6 Å². The van der Waals surface area contributed by atoms with E-state index in [4.69, 9.17) is 37.1 Å². The van der Waals surface area contributed by atoms with E-state index in [1.54, 1.807) is 54.6 Å². The van der Waals surface area contributed by atoms with Crippen LogP contribution in [0.4, 0.5) is 0 Å². The van der Waals surface area contributed by atoms with Crippen LogP contribution < -0.4 is 16.1 Å². The zero-order chi connectivity index (χ0) is 24.3. The number of hydrogen-bond donors (Lipinski definition) is 0. The lowest BCUT2D eigenvalue weighted by Gasteiger charge is -2.27. The average Bonchev–Trinajstić information content (AvgIpc) is 3.26. The molecule has 0 saturated carbocycles. The van der Waals surface area contributed by atoms with Crippen molar-refractivity contribution in [2.24, 2.45) is 0 Å². The first kappa shape index (κ1) is 22.2. The first-order chi connectivity index (χ1) is 16.9. The quantitative estimate of drug-likeness (QED) is 0.277. The molecule has 6 rings (SSSR count). The van der Waals surface area contributed by atoms with Crippen LogP contribution in [0, 0.1) is 0 Å². The molecule has 2 unspecified atom stereocenters. The van der Waals surface area contributed by atoms with E-state index in [-0.39, 0.29) is 11.7 Å². The Morgan fingerprint density at radius 3 is 2.51 bits per heavy atom. The van der Waals surface area contributed by atoms with Gasteiger partial charge in [0.05, 0.1) is 22.2 Å². The van der Waals surface area contributed by atoms with E-state index in [0.29, 0.717) is 32.6 Å². The predicted octanol–water partition coefficient (Wildman–Crippen LogP) is 6.62. The molecule has 0 N–H and O–H groups in total. The molecule has 6 nitrogen and oxygen atoms in total. The Hall–Kier alpha value is -3.26. The fourth-order valence-corrected chi connectivity index (χ4v) is 5.15. The molecule has 1 aliphatic carbocycles. The Bertz CT molecular complexity index is 1640. The van der Waals surface area contributed by atoms with Gasteiger partial charge in [-0.15, -0.1) is 0 Å². The molecule has 2 heterocycles. The van der Waals surface area contributed by atoms with Crippen LogP contribution in [0.5, 0.6) is 5.75 Å². The number of hydrogen-bond acceptors (Lipinski definition) is 5. The summed E-state index contributed by atoms with van der Waals surface area (Å²) in [5, 5.41) is 0.796. The highest BCUT2D eigenvalue weighted by Crippen LogP contribution is 2.51. The summed E-state index contributed by atoms with van der Waals surface area (Å²) in [6, 6.07) is 19.0. The Morgan fingerprint density at radius 2 is 1.74 bits per heavy atom. The zero-order valence-corrected chi connectivity index (χ0v) is 20.8. The lowest BCUT2D eigenvalue weighted by atomic mass is 9.81. The molecule has 0 bridgehead atoms. The fourth-order valence-electron chi connectivity index (χ4n) is 4.43. The zero-order valence-electron chi connectivity index (χ0n) is 17.7. The summed E-state index contributed by atoms with van der Waals surface area (Å²) in [6.07, 6.45) is 1.16. The number of aromatic nitrogens is 1. The molecule has 35 heavy (non-hydrogen) atoms. The van der Waals surface area contributed by atoms with Crippen LogP contribution in [0.25, 0.3) is 17.0 Å². The van der Waals surface area contributed by atoms with Crippen LogP contribution in [0.2, 0.25) is 10.0 Å². The predicted molar refractivity (Wildman–Crippen MR) is 135 cm³/mol. The third-order valence-corrected chi connectivity index (χ3v) is 7.03. The second kappa shape index (κ2) is 8.45. The molecule has 174 valence electrons. The van der Waals surface area contributed by atoms with Gasteiger partial charge in [-0.1, -0.05) is 63.4 Å². The van der Waals surface area contributed by atoms with Gasteiger partial charge in [-0.3, -0.25) is 4.79 Å². The van der Waals surface area contributed by atoms with Crippen LogP contribution in [-0.4, -0.2) is 4.57 Å². The number of halogens is 3. The van der Waals surface area contributed by atoms with Crippen molar-refractivity contribution in [1.29, 1.82) is 0 Å². The maximum absolute atomic E-state index is 13.8. The molecule has 9 heteroatoms. The van der Waals surface area contributed by atoms with E-state index in [1.807, 2.05) is 18.2 Å². The van der Waals surface area contributed by atoms with E-state index in [1.165, 1.54) is 0 Å². The monoisotopic (exact) mass is 569 g/mol. The number of fused-ring (bicyclic) bond motifs is 6. The van der Waals surface area contributed by atoms with Crippen molar-refractivity contribution in [1.82, 2.24) is 4.57 Å². The van der Waals surface area contributed by atoms with Gasteiger partial charge in [0.15, 0.2) is 0 Å². The third-order valence-electron chi connectivity index (χ3n) is 5.97. The maximum atomic E-state index is 13.8. The minimum Gasteiger partial charge on any atom is -0.456 e. The van der Waals surface area contributed by atoms with Gasteiger partial charge < -0.3 is 13.9 Å². The molecule has 1 aliphatic heterocycles. The van der Waals surface area contributed by atoms with Crippen LogP contribution >= 0.6 is 39.1 Å². The maximum Gasteiger partial charge on any atom is 0.426 e.